The van der Waals surface area contributed by atoms with Crippen molar-refractivity contribution in [3.8, 4) is 0 Å². The minimum atomic E-state index is -5.42. The summed E-state index contributed by atoms with van der Waals surface area (Å²) in [5.74, 6) is 0. The monoisotopic (exact) mass is 148 g/mol. The van der Waals surface area contributed by atoms with Crippen molar-refractivity contribution in [3.63, 3.8) is 0 Å². The van der Waals surface area contributed by atoms with E-state index in [1.807, 2.05) is 0 Å². The molecule has 0 saturated carbocycles. The third-order valence-electron chi connectivity index (χ3n) is 0.319. The van der Waals surface area contributed by atoms with Crippen LogP contribution in [0.25, 0.3) is 0 Å². The van der Waals surface area contributed by atoms with Gasteiger partial charge in [0.2, 0.25) is 0 Å². The minimum Gasteiger partial charge on any atom is -0.278 e. The first-order chi connectivity index (χ1) is 3.56. The number of alkyl halides is 1. The van der Waals surface area contributed by atoms with Gasteiger partial charge in [0.05, 0.1) is 6.61 Å². The molecule has 0 heterocycles. The smallest absolute Gasteiger partial charge is 0.278 e. The van der Waals surface area contributed by atoms with Gasteiger partial charge in [-0.2, -0.15) is 0 Å². The lowest BCUT2D eigenvalue weighted by Gasteiger charge is -1.94. The molecule has 0 saturated heterocycles. The van der Waals surface area contributed by atoms with Crippen LogP contribution in [0.3, 0.4) is 0 Å². The number of rotatable bonds is 3. The summed E-state index contributed by atoms with van der Waals surface area (Å²) in [5.41, 5.74) is 0. The van der Waals surface area contributed by atoms with Crippen molar-refractivity contribution in [2.45, 2.75) is 0 Å². The second-order valence-electron chi connectivity index (χ2n) is 0.937. The van der Waals surface area contributed by atoms with Crippen LogP contribution in [0.15, 0.2) is 0 Å². The van der Waals surface area contributed by atoms with Crippen LogP contribution in [0.2, 0.25) is 0 Å². The zero-order valence-corrected chi connectivity index (χ0v) is 4.71. The molecule has 0 radical (unpaired) electrons. The Bertz CT molecular complexity index is 99.5. The number of hydrogen-bond donors (Lipinski definition) is 0. The second kappa shape index (κ2) is 3.10. The molecule has 0 spiro atoms. The third kappa shape index (κ3) is 5.98. The van der Waals surface area contributed by atoms with Gasteiger partial charge in [0.25, 0.3) is 0 Å². The van der Waals surface area contributed by atoms with Crippen molar-refractivity contribution >= 4 is 7.99 Å². The molecule has 0 unspecified atom stereocenters. The van der Waals surface area contributed by atoms with Crippen LogP contribution in [0.1, 0.15) is 0 Å². The lowest BCUT2D eigenvalue weighted by atomic mass is 10.9. The van der Waals surface area contributed by atoms with Gasteiger partial charge in [-0.25, -0.2) is 8.96 Å². The second-order valence-corrected chi connectivity index (χ2v) is 2.02. The van der Waals surface area contributed by atoms with Crippen LogP contribution >= 0.6 is 7.99 Å². The Morgan fingerprint density at radius 1 is 1.50 bits per heavy atom. The Morgan fingerprint density at radius 2 is 2.00 bits per heavy atom. The summed E-state index contributed by atoms with van der Waals surface area (Å²) in [4.78, 5) is 0. The molecule has 0 aromatic heterocycles. The lowest BCUT2D eigenvalue weighted by molar-refractivity contribution is 0.230. The standard InChI is InChI=1S/C2H4F3O2P/c3-1-2-7-8(4,5)6/h1-2H2. The summed E-state index contributed by atoms with van der Waals surface area (Å²) < 4.78 is 45.6. The Morgan fingerprint density at radius 3 is 2.12 bits per heavy atom. The molecule has 0 fully saturated rings. The van der Waals surface area contributed by atoms with Gasteiger partial charge in [-0.3, -0.25) is 4.52 Å². The third-order valence-corrected chi connectivity index (χ3v) is 0.802. The highest BCUT2D eigenvalue weighted by molar-refractivity contribution is 7.47. The predicted octanol–water partition coefficient (Wildman–Crippen LogP) is 2.02. The van der Waals surface area contributed by atoms with E-state index in [0.29, 0.717) is 0 Å². The molecular weight excluding hydrogens is 144 g/mol. The van der Waals surface area contributed by atoms with Crippen LogP contribution in [-0.4, -0.2) is 13.3 Å². The molecule has 0 aromatic rings. The Hall–Kier alpha value is -0.0200. The van der Waals surface area contributed by atoms with Crippen molar-refractivity contribution in [2.75, 3.05) is 13.3 Å². The first-order valence-corrected chi connectivity index (χ1v) is 3.17. The van der Waals surface area contributed by atoms with Crippen LogP contribution < -0.4 is 0 Å². The molecule has 0 amide bonds. The molecule has 0 atom stereocenters. The molecular formula is C2H4F3O2P. The fraction of sp³-hybridized carbons (Fsp3) is 1.00. The Labute approximate surface area is 44.3 Å². The maximum absolute atomic E-state index is 11.1. The maximum atomic E-state index is 11.1. The summed E-state index contributed by atoms with van der Waals surface area (Å²) in [6.07, 6.45) is 0. The van der Waals surface area contributed by atoms with E-state index in [1.54, 1.807) is 0 Å². The average Bonchev–Trinajstić information content (AvgIpc) is 1.59. The van der Waals surface area contributed by atoms with E-state index in [1.165, 1.54) is 0 Å². The van der Waals surface area contributed by atoms with Gasteiger partial charge >= 0.3 is 7.99 Å². The Balaban J connectivity index is 3.26. The first-order valence-electron chi connectivity index (χ1n) is 1.76. The summed E-state index contributed by atoms with van der Waals surface area (Å²) in [7, 11) is -5.42. The quantitative estimate of drug-likeness (QED) is 0.572. The molecule has 50 valence electrons. The van der Waals surface area contributed by atoms with Crippen molar-refractivity contribution in [2.24, 2.45) is 0 Å². The zero-order valence-electron chi connectivity index (χ0n) is 3.81. The van der Waals surface area contributed by atoms with Gasteiger partial charge < -0.3 is 0 Å². The highest BCUT2D eigenvalue weighted by Crippen LogP contribution is 2.49. The van der Waals surface area contributed by atoms with E-state index >= 15 is 0 Å². The average molecular weight is 148 g/mol. The highest BCUT2D eigenvalue weighted by Gasteiger charge is 2.19. The molecule has 6 heteroatoms. The van der Waals surface area contributed by atoms with E-state index in [-0.39, 0.29) is 0 Å². The normalized spacial score (nSPS) is 11.9. The predicted molar refractivity (Wildman–Crippen MR) is 21.7 cm³/mol. The molecule has 2 nitrogen and oxygen atoms in total. The summed E-state index contributed by atoms with van der Waals surface area (Å²) in [6, 6.07) is 0. The van der Waals surface area contributed by atoms with E-state index < -0.39 is 21.3 Å². The summed E-state index contributed by atoms with van der Waals surface area (Å²) >= 11 is 0. The minimum absolute atomic E-state index is 0.801. The van der Waals surface area contributed by atoms with Gasteiger partial charge in [-0.1, -0.05) is 0 Å². The van der Waals surface area contributed by atoms with E-state index in [0.717, 1.165) is 0 Å². The fourth-order valence-electron chi connectivity index (χ4n) is 0.141. The number of halogens is 3. The zero-order chi connectivity index (χ0) is 6.62. The first kappa shape index (κ1) is 7.98. The van der Waals surface area contributed by atoms with Gasteiger partial charge in [-0.05, 0) is 0 Å². The van der Waals surface area contributed by atoms with Crippen LogP contribution in [0, 0.1) is 0 Å². The van der Waals surface area contributed by atoms with Gasteiger partial charge in [0.1, 0.15) is 6.67 Å². The largest absolute Gasteiger partial charge is 0.552 e. The molecule has 0 N–H and O–H groups in total. The SMILES string of the molecule is O=P(F)(F)OCCF. The summed E-state index contributed by atoms with van der Waals surface area (Å²) in [6.45, 7) is -1.85. The molecule has 0 aliphatic rings. The maximum Gasteiger partial charge on any atom is 0.552 e. The van der Waals surface area contributed by atoms with E-state index in [4.69, 9.17) is 0 Å². The Kier molecular flexibility index (Phi) is 3.09. The molecule has 8 heavy (non-hydrogen) atoms. The van der Waals surface area contributed by atoms with Gasteiger partial charge in [0, 0.05) is 0 Å². The molecule has 0 bridgehead atoms. The van der Waals surface area contributed by atoms with Gasteiger partial charge in [0.15, 0.2) is 0 Å². The lowest BCUT2D eigenvalue weighted by Crippen LogP contribution is -1.87. The molecule has 0 rings (SSSR count). The fourth-order valence-corrected chi connectivity index (χ4v) is 0.422. The van der Waals surface area contributed by atoms with Crippen molar-refractivity contribution < 1.29 is 21.9 Å². The summed E-state index contributed by atoms with van der Waals surface area (Å²) in [5, 5.41) is 0. The topological polar surface area (TPSA) is 26.3 Å². The number of hydrogen-bond acceptors (Lipinski definition) is 2. The van der Waals surface area contributed by atoms with E-state index in [9.17, 15) is 17.3 Å². The molecule has 0 aliphatic heterocycles. The van der Waals surface area contributed by atoms with Crippen LogP contribution in [0.4, 0.5) is 12.8 Å². The van der Waals surface area contributed by atoms with Crippen molar-refractivity contribution in [3.05, 3.63) is 0 Å². The van der Waals surface area contributed by atoms with E-state index in [2.05, 4.69) is 4.52 Å². The molecule has 0 aliphatic carbocycles. The van der Waals surface area contributed by atoms with Gasteiger partial charge in [-0.15, -0.1) is 8.39 Å². The highest BCUT2D eigenvalue weighted by atomic mass is 31.2. The van der Waals surface area contributed by atoms with Crippen molar-refractivity contribution in [1.82, 2.24) is 0 Å². The van der Waals surface area contributed by atoms with Crippen LogP contribution in [-0.2, 0) is 9.09 Å². The van der Waals surface area contributed by atoms with Crippen LogP contribution in [0.5, 0.6) is 0 Å². The van der Waals surface area contributed by atoms with Crippen molar-refractivity contribution in [1.29, 1.82) is 0 Å². The molecule has 0 aromatic carbocycles.